The maximum Gasteiger partial charge on any atom is 0.222 e. The highest BCUT2D eigenvalue weighted by atomic mass is 127. The second-order valence-corrected chi connectivity index (χ2v) is 8.91. The lowest BCUT2D eigenvalue weighted by atomic mass is 9.90. The minimum absolute atomic E-state index is 0. The molecule has 7 heteroatoms. The van der Waals surface area contributed by atoms with Crippen molar-refractivity contribution in [3.63, 3.8) is 0 Å². The molecule has 0 saturated carbocycles. The number of halogens is 1. The molecule has 1 unspecified atom stereocenters. The van der Waals surface area contributed by atoms with E-state index in [4.69, 9.17) is 4.74 Å². The molecule has 0 radical (unpaired) electrons. The van der Waals surface area contributed by atoms with Crippen molar-refractivity contribution in [2.24, 2.45) is 4.99 Å². The highest BCUT2D eigenvalue weighted by Crippen LogP contribution is 2.39. The number of aliphatic imine (C=N–C) groups is 1. The summed E-state index contributed by atoms with van der Waals surface area (Å²) in [4.78, 5) is 18.5. The van der Waals surface area contributed by atoms with E-state index in [2.05, 4.69) is 47.7 Å². The van der Waals surface area contributed by atoms with Gasteiger partial charge in [-0.25, -0.2) is 0 Å². The quantitative estimate of drug-likeness (QED) is 0.331. The van der Waals surface area contributed by atoms with Crippen molar-refractivity contribution >= 4 is 35.8 Å². The lowest BCUT2D eigenvalue weighted by molar-refractivity contribution is -0.128. The third-order valence-corrected chi connectivity index (χ3v) is 6.01. The fourth-order valence-corrected chi connectivity index (χ4v) is 4.43. The Morgan fingerprint density at radius 2 is 1.88 bits per heavy atom. The lowest BCUT2D eigenvalue weighted by Crippen LogP contribution is -2.45. The van der Waals surface area contributed by atoms with Gasteiger partial charge in [-0.15, -0.1) is 24.0 Å². The van der Waals surface area contributed by atoms with Crippen LogP contribution in [-0.4, -0.2) is 36.0 Å². The third kappa shape index (κ3) is 5.74. The lowest BCUT2D eigenvalue weighted by Gasteiger charge is -2.38. The van der Waals surface area contributed by atoms with Crippen molar-refractivity contribution < 1.29 is 9.53 Å². The molecule has 0 spiro atoms. The number of likely N-dealkylation sites (tertiary alicyclic amines) is 1. The summed E-state index contributed by atoms with van der Waals surface area (Å²) in [6.07, 6.45) is 2.47. The summed E-state index contributed by atoms with van der Waals surface area (Å²) in [5, 5.41) is 7.04. The molecule has 2 aliphatic heterocycles. The summed E-state index contributed by atoms with van der Waals surface area (Å²) in [5.74, 6) is 1.93. The zero-order valence-electron chi connectivity index (χ0n) is 19.1. The van der Waals surface area contributed by atoms with Crippen LogP contribution in [0.2, 0.25) is 0 Å². The molecular weight excluding hydrogens is 515 g/mol. The highest BCUT2D eigenvalue weighted by molar-refractivity contribution is 14.0. The van der Waals surface area contributed by atoms with Crippen LogP contribution in [0.1, 0.15) is 55.8 Å². The summed E-state index contributed by atoms with van der Waals surface area (Å²) in [6, 6.07) is 16.6. The van der Waals surface area contributed by atoms with E-state index >= 15 is 0 Å². The van der Waals surface area contributed by atoms with Gasteiger partial charge in [-0.2, -0.15) is 0 Å². The number of carbonyl (C=O) groups excluding carboxylic acids is 1. The summed E-state index contributed by atoms with van der Waals surface area (Å²) in [7, 11) is 1.79. The molecule has 172 valence electrons. The van der Waals surface area contributed by atoms with Crippen molar-refractivity contribution in [1.82, 2.24) is 15.5 Å². The van der Waals surface area contributed by atoms with Gasteiger partial charge < -0.3 is 20.3 Å². The molecule has 1 fully saturated rings. The Morgan fingerprint density at radius 1 is 1.16 bits per heavy atom. The monoisotopic (exact) mass is 548 g/mol. The summed E-state index contributed by atoms with van der Waals surface area (Å²) < 4.78 is 6.15. The van der Waals surface area contributed by atoms with Crippen LogP contribution < -0.4 is 15.4 Å². The first-order chi connectivity index (χ1) is 14.9. The number of rotatable bonds is 5. The maximum atomic E-state index is 12.0. The van der Waals surface area contributed by atoms with Crippen LogP contribution in [-0.2, 0) is 17.9 Å². The zero-order chi connectivity index (χ0) is 21.8. The molecule has 6 nitrogen and oxygen atoms in total. The second kappa shape index (κ2) is 10.6. The van der Waals surface area contributed by atoms with E-state index in [9.17, 15) is 4.79 Å². The van der Waals surface area contributed by atoms with Gasteiger partial charge in [-0.05, 0) is 37.5 Å². The van der Waals surface area contributed by atoms with Crippen molar-refractivity contribution in [2.45, 2.75) is 57.8 Å². The second-order valence-electron chi connectivity index (χ2n) is 8.91. The standard InChI is InChI=1S/C25H32N4O2.HI/c1-25(2)15-21(20-11-6-7-12-22(20)31-25)28-24(26-3)27-16-18-9-4-5-10-19(18)17-29-14-8-13-23(29)30;/h4-7,9-12,21H,8,13-17H2,1-3H3,(H2,26,27,28);1H. The van der Waals surface area contributed by atoms with Crippen LogP contribution in [0, 0.1) is 0 Å². The summed E-state index contributed by atoms with van der Waals surface area (Å²) >= 11 is 0. The van der Waals surface area contributed by atoms with Gasteiger partial charge in [0.2, 0.25) is 5.91 Å². The minimum Gasteiger partial charge on any atom is -0.487 e. The predicted octanol–water partition coefficient (Wildman–Crippen LogP) is 4.39. The zero-order valence-corrected chi connectivity index (χ0v) is 21.4. The van der Waals surface area contributed by atoms with Crippen molar-refractivity contribution in [1.29, 1.82) is 0 Å². The van der Waals surface area contributed by atoms with E-state index in [1.165, 1.54) is 11.1 Å². The Kier molecular flexibility index (Phi) is 8.03. The van der Waals surface area contributed by atoms with E-state index in [0.29, 0.717) is 19.5 Å². The summed E-state index contributed by atoms with van der Waals surface area (Å²) in [6.45, 7) is 6.40. The van der Waals surface area contributed by atoms with Gasteiger partial charge in [0.25, 0.3) is 0 Å². The van der Waals surface area contributed by atoms with Crippen molar-refractivity contribution in [2.75, 3.05) is 13.6 Å². The number of nitrogens with one attached hydrogen (secondary N) is 2. The van der Waals surface area contributed by atoms with Gasteiger partial charge in [0, 0.05) is 45.1 Å². The number of ether oxygens (including phenoxy) is 1. The molecule has 1 atom stereocenters. The average molecular weight is 548 g/mol. The fourth-order valence-electron chi connectivity index (χ4n) is 4.43. The molecule has 1 amide bonds. The third-order valence-electron chi connectivity index (χ3n) is 6.01. The Labute approximate surface area is 207 Å². The number of para-hydroxylation sites is 1. The van der Waals surface area contributed by atoms with Gasteiger partial charge in [0.05, 0.1) is 6.04 Å². The SMILES string of the molecule is CN=C(NCc1ccccc1CN1CCCC1=O)NC1CC(C)(C)Oc2ccccc21.I. The molecule has 32 heavy (non-hydrogen) atoms. The number of hydrogen-bond acceptors (Lipinski definition) is 3. The van der Waals surface area contributed by atoms with E-state index in [0.717, 1.165) is 36.7 Å². The number of benzene rings is 2. The van der Waals surface area contributed by atoms with Crippen LogP contribution in [0.15, 0.2) is 53.5 Å². The number of nitrogens with zero attached hydrogens (tertiary/aromatic N) is 2. The summed E-state index contributed by atoms with van der Waals surface area (Å²) in [5.41, 5.74) is 3.26. The molecule has 2 aromatic carbocycles. The number of carbonyl (C=O) groups is 1. The number of fused-ring (bicyclic) bond motifs is 1. The smallest absolute Gasteiger partial charge is 0.222 e. The van der Waals surface area contributed by atoms with E-state index in [1.807, 2.05) is 35.2 Å². The molecule has 0 aromatic heterocycles. The largest absolute Gasteiger partial charge is 0.487 e. The van der Waals surface area contributed by atoms with Crippen LogP contribution in [0.25, 0.3) is 0 Å². The molecule has 2 aliphatic rings. The van der Waals surface area contributed by atoms with E-state index in [-0.39, 0.29) is 41.5 Å². The van der Waals surface area contributed by atoms with Crippen LogP contribution in [0.3, 0.4) is 0 Å². The molecule has 2 aromatic rings. The Hall–Kier alpha value is -2.29. The van der Waals surface area contributed by atoms with Gasteiger partial charge in [-0.1, -0.05) is 42.5 Å². The van der Waals surface area contributed by atoms with Gasteiger partial charge in [-0.3, -0.25) is 9.79 Å². The van der Waals surface area contributed by atoms with Crippen LogP contribution in [0.4, 0.5) is 0 Å². The molecule has 0 bridgehead atoms. The predicted molar refractivity (Wildman–Crippen MR) is 138 cm³/mol. The fraction of sp³-hybridized carbons (Fsp3) is 0.440. The topological polar surface area (TPSA) is 66.0 Å². The first-order valence-corrected chi connectivity index (χ1v) is 11.0. The highest BCUT2D eigenvalue weighted by Gasteiger charge is 2.34. The van der Waals surface area contributed by atoms with Crippen LogP contribution in [0.5, 0.6) is 5.75 Å². The van der Waals surface area contributed by atoms with Crippen molar-refractivity contribution in [3.05, 3.63) is 65.2 Å². The number of hydrogen-bond donors (Lipinski definition) is 2. The Morgan fingerprint density at radius 3 is 2.59 bits per heavy atom. The molecular formula is C25H33IN4O2. The van der Waals surface area contributed by atoms with Crippen LogP contribution >= 0.6 is 24.0 Å². The first kappa shape index (κ1) is 24.4. The first-order valence-electron chi connectivity index (χ1n) is 11.0. The number of guanidine groups is 1. The molecule has 2 N–H and O–H groups in total. The normalized spacial score (nSPS) is 19.6. The van der Waals surface area contributed by atoms with Gasteiger partial charge >= 0.3 is 0 Å². The molecule has 2 heterocycles. The van der Waals surface area contributed by atoms with Gasteiger partial charge in [0.15, 0.2) is 5.96 Å². The average Bonchev–Trinajstić information content (AvgIpc) is 3.15. The molecule has 1 saturated heterocycles. The number of amides is 1. The van der Waals surface area contributed by atoms with E-state index in [1.54, 1.807) is 7.05 Å². The Balaban J connectivity index is 0.00000289. The minimum atomic E-state index is -0.250. The van der Waals surface area contributed by atoms with E-state index < -0.39 is 0 Å². The molecule has 0 aliphatic carbocycles. The Bertz CT molecular complexity index is 976. The maximum absolute atomic E-state index is 12.0. The molecule has 4 rings (SSSR count). The van der Waals surface area contributed by atoms with Gasteiger partial charge in [0.1, 0.15) is 11.4 Å². The van der Waals surface area contributed by atoms with Crippen molar-refractivity contribution in [3.8, 4) is 5.75 Å².